The van der Waals surface area contributed by atoms with Crippen LogP contribution in [0.5, 0.6) is 17.2 Å². The zero-order valence-corrected chi connectivity index (χ0v) is 15.7. The molecule has 1 aromatic carbocycles. The average Bonchev–Trinajstić information content (AvgIpc) is 3.15. The van der Waals surface area contributed by atoms with E-state index in [1.807, 2.05) is 24.3 Å². The lowest BCUT2D eigenvalue weighted by atomic mass is 10.0. The molecule has 0 saturated heterocycles. The number of rotatable bonds is 5. The normalized spacial score (nSPS) is 10.8. The Labute approximate surface area is 161 Å². The molecule has 0 radical (unpaired) electrons. The number of fused-ring (bicyclic) bond motifs is 1. The highest BCUT2D eigenvalue weighted by Crippen LogP contribution is 2.42. The summed E-state index contributed by atoms with van der Waals surface area (Å²) < 4.78 is 16.3. The van der Waals surface area contributed by atoms with Crippen LogP contribution in [0.3, 0.4) is 0 Å². The van der Waals surface area contributed by atoms with E-state index in [0.29, 0.717) is 28.6 Å². The lowest BCUT2D eigenvalue weighted by Crippen LogP contribution is -1.96. The molecular formula is C20H19N5O3. The molecule has 0 saturated carbocycles. The molecule has 0 bridgehead atoms. The number of hydrogen-bond acceptors (Lipinski definition) is 7. The number of hydrogen-bond donors (Lipinski definition) is 2. The number of benzene rings is 1. The van der Waals surface area contributed by atoms with Crippen LogP contribution in [0.25, 0.3) is 33.4 Å². The predicted molar refractivity (Wildman–Crippen MR) is 107 cm³/mol. The van der Waals surface area contributed by atoms with Crippen LogP contribution in [-0.4, -0.2) is 41.5 Å². The first-order valence-corrected chi connectivity index (χ1v) is 8.50. The Hall–Kier alpha value is -3.81. The Morgan fingerprint density at radius 2 is 1.54 bits per heavy atom. The van der Waals surface area contributed by atoms with E-state index in [1.54, 1.807) is 39.9 Å². The molecule has 0 amide bonds. The fourth-order valence-corrected chi connectivity index (χ4v) is 3.12. The first kappa shape index (κ1) is 17.6. The summed E-state index contributed by atoms with van der Waals surface area (Å²) in [7, 11) is 4.73. The van der Waals surface area contributed by atoms with Gasteiger partial charge in [-0.1, -0.05) is 0 Å². The second-order valence-corrected chi connectivity index (χ2v) is 6.11. The molecule has 0 unspecified atom stereocenters. The van der Waals surface area contributed by atoms with Gasteiger partial charge in [0.15, 0.2) is 17.1 Å². The van der Waals surface area contributed by atoms with Crippen molar-refractivity contribution in [1.29, 1.82) is 0 Å². The quantitative estimate of drug-likeness (QED) is 0.549. The van der Waals surface area contributed by atoms with E-state index in [1.165, 1.54) is 0 Å². The Bertz CT molecular complexity index is 1130. The van der Waals surface area contributed by atoms with Crippen molar-refractivity contribution < 1.29 is 14.2 Å². The van der Waals surface area contributed by atoms with Crippen LogP contribution >= 0.6 is 0 Å². The summed E-state index contributed by atoms with van der Waals surface area (Å²) in [5.41, 5.74) is 10.5. The van der Waals surface area contributed by atoms with Gasteiger partial charge in [0.1, 0.15) is 0 Å². The maximum atomic E-state index is 5.86. The number of nitrogens with zero attached hydrogens (tertiary/aromatic N) is 3. The van der Waals surface area contributed by atoms with Gasteiger partial charge in [-0.05, 0) is 24.3 Å². The first-order valence-electron chi connectivity index (χ1n) is 8.50. The van der Waals surface area contributed by atoms with E-state index < -0.39 is 0 Å². The molecule has 4 aromatic rings. The summed E-state index contributed by atoms with van der Waals surface area (Å²) in [4.78, 5) is 8.60. The molecule has 0 atom stereocenters. The van der Waals surface area contributed by atoms with Crippen molar-refractivity contribution >= 4 is 16.7 Å². The van der Waals surface area contributed by atoms with Crippen molar-refractivity contribution in [3.8, 4) is 39.6 Å². The van der Waals surface area contributed by atoms with Crippen LogP contribution in [0.1, 0.15) is 0 Å². The smallest absolute Gasteiger partial charge is 0.203 e. The Morgan fingerprint density at radius 1 is 0.821 bits per heavy atom. The summed E-state index contributed by atoms with van der Waals surface area (Å²) in [6, 6.07) is 7.59. The summed E-state index contributed by atoms with van der Waals surface area (Å²) in [5, 5.41) is 8.22. The number of methoxy groups -OCH3 is 3. The summed E-state index contributed by atoms with van der Waals surface area (Å²) in [5.74, 6) is 1.65. The number of H-pyrrole nitrogens is 1. The van der Waals surface area contributed by atoms with Crippen LogP contribution < -0.4 is 19.9 Å². The molecule has 0 aliphatic rings. The van der Waals surface area contributed by atoms with Crippen LogP contribution in [0.15, 0.2) is 42.9 Å². The number of anilines is 1. The van der Waals surface area contributed by atoms with Crippen LogP contribution in [0.2, 0.25) is 0 Å². The average molecular weight is 377 g/mol. The van der Waals surface area contributed by atoms with Gasteiger partial charge in [-0.15, -0.1) is 0 Å². The van der Waals surface area contributed by atoms with Gasteiger partial charge in [0.05, 0.1) is 32.7 Å². The SMILES string of the molecule is COc1cc(-c2[nH]nc3ncc(-c4cncc(N)c4)cc23)cc(OC)c1OC. The lowest BCUT2D eigenvalue weighted by Gasteiger charge is -2.13. The molecule has 3 N–H and O–H groups in total. The van der Waals surface area contributed by atoms with Gasteiger partial charge in [-0.3, -0.25) is 10.1 Å². The number of aromatic amines is 1. The van der Waals surface area contributed by atoms with E-state index in [0.717, 1.165) is 27.8 Å². The van der Waals surface area contributed by atoms with Crippen molar-refractivity contribution in [2.24, 2.45) is 0 Å². The summed E-state index contributed by atoms with van der Waals surface area (Å²) in [6.45, 7) is 0. The zero-order valence-electron chi connectivity index (χ0n) is 15.7. The lowest BCUT2D eigenvalue weighted by molar-refractivity contribution is 0.324. The summed E-state index contributed by atoms with van der Waals surface area (Å²) in [6.07, 6.45) is 5.10. The largest absolute Gasteiger partial charge is 0.493 e. The van der Waals surface area contributed by atoms with E-state index in [2.05, 4.69) is 20.2 Å². The molecule has 3 aromatic heterocycles. The molecular weight excluding hydrogens is 358 g/mol. The molecule has 0 fully saturated rings. The van der Waals surface area contributed by atoms with E-state index >= 15 is 0 Å². The summed E-state index contributed by atoms with van der Waals surface area (Å²) >= 11 is 0. The molecule has 3 heterocycles. The van der Waals surface area contributed by atoms with E-state index in [-0.39, 0.29) is 0 Å². The third-order valence-corrected chi connectivity index (χ3v) is 4.46. The maximum absolute atomic E-state index is 5.86. The highest BCUT2D eigenvalue weighted by atomic mass is 16.5. The molecule has 0 spiro atoms. The van der Waals surface area contributed by atoms with Gasteiger partial charge in [0.25, 0.3) is 0 Å². The van der Waals surface area contributed by atoms with Gasteiger partial charge < -0.3 is 19.9 Å². The number of pyridine rings is 2. The Morgan fingerprint density at radius 3 is 2.18 bits per heavy atom. The molecule has 142 valence electrons. The van der Waals surface area contributed by atoms with Crippen molar-refractivity contribution in [3.63, 3.8) is 0 Å². The molecule has 4 rings (SSSR count). The number of nitrogens with one attached hydrogen (secondary N) is 1. The first-order chi connectivity index (χ1) is 13.6. The van der Waals surface area contributed by atoms with Crippen LogP contribution in [-0.2, 0) is 0 Å². The fraction of sp³-hybridized carbons (Fsp3) is 0.150. The number of ether oxygens (including phenoxy) is 3. The number of nitrogen functional groups attached to an aromatic ring is 1. The Kier molecular flexibility index (Phi) is 4.44. The van der Waals surface area contributed by atoms with Gasteiger partial charge >= 0.3 is 0 Å². The monoisotopic (exact) mass is 377 g/mol. The van der Waals surface area contributed by atoms with Crippen molar-refractivity contribution in [2.45, 2.75) is 0 Å². The molecule has 8 heteroatoms. The van der Waals surface area contributed by atoms with Crippen LogP contribution in [0.4, 0.5) is 5.69 Å². The van der Waals surface area contributed by atoms with Crippen LogP contribution in [0, 0.1) is 0 Å². The highest BCUT2D eigenvalue weighted by Gasteiger charge is 2.17. The van der Waals surface area contributed by atoms with Gasteiger partial charge in [0.2, 0.25) is 5.75 Å². The second kappa shape index (κ2) is 7.07. The van der Waals surface area contributed by atoms with E-state index in [9.17, 15) is 0 Å². The van der Waals surface area contributed by atoms with Gasteiger partial charge in [-0.25, -0.2) is 4.98 Å². The fourth-order valence-electron chi connectivity index (χ4n) is 3.12. The Balaban J connectivity index is 1.89. The minimum Gasteiger partial charge on any atom is -0.493 e. The topological polar surface area (TPSA) is 108 Å². The zero-order chi connectivity index (χ0) is 19.7. The second-order valence-electron chi connectivity index (χ2n) is 6.11. The minimum atomic E-state index is 0.530. The predicted octanol–water partition coefficient (Wildman–Crippen LogP) is 3.29. The third kappa shape index (κ3) is 2.94. The highest BCUT2D eigenvalue weighted by molar-refractivity contribution is 5.94. The van der Waals surface area contributed by atoms with Crippen molar-refractivity contribution in [2.75, 3.05) is 27.1 Å². The standard InChI is InChI=1S/C20H19N5O3/c1-26-16-6-11(7-17(27-2)19(16)28-3)18-15-5-13(9-23-20(15)25-24-18)12-4-14(21)10-22-8-12/h4-10H,21H2,1-3H3,(H,23,24,25). The molecule has 8 nitrogen and oxygen atoms in total. The van der Waals surface area contributed by atoms with Gasteiger partial charge in [-0.2, -0.15) is 5.10 Å². The third-order valence-electron chi connectivity index (χ3n) is 4.46. The molecule has 0 aliphatic carbocycles. The molecule has 0 aliphatic heterocycles. The molecule has 28 heavy (non-hydrogen) atoms. The number of nitrogens with two attached hydrogens (primary N) is 1. The maximum Gasteiger partial charge on any atom is 0.203 e. The van der Waals surface area contributed by atoms with Crippen molar-refractivity contribution in [1.82, 2.24) is 20.2 Å². The van der Waals surface area contributed by atoms with E-state index in [4.69, 9.17) is 19.9 Å². The van der Waals surface area contributed by atoms with Gasteiger partial charge in [0, 0.05) is 40.7 Å². The minimum absolute atomic E-state index is 0.530. The number of aromatic nitrogens is 4. The van der Waals surface area contributed by atoms with Crippen molar-refractivity contribution in [3.05, 3.63) is 42.9 Å².